The number of likely N-dealkylation sites (N-methyl/N-ethyl adjacent to an activating group) is 1. The van der Waals surface area contributed by atoms with Crippen LogP contribution in [0.3, 0.4) is 0 Å². The van der Waals surface area contributed by atoms with E-state index in [-0.39, 0.29) is 5.82 Å². The second-order valence-corrected chi connectivity index (χ2v) is 4.91. The van der Waals surface area contributed by atoms with Crippen molar-refractivity contribution in [1.82, 2.24) is 24.8 Å². The van der Waals surface area contributed by atoms with Gasteiger partial charge in [0.2, 0.25) is 0 Å². The first-order valence-electron chi connectivity index (χ1n) is 6.77. The molecule has 0 aliphatic carbocycles. The number of aromatic nitrogens is 4. The van der Waals surface area contributed by atoms with Gasteiger partial charge >= 0.3 is 0 Å². The van der Waals surface area contributed by atoms with Crippen molar-refractivity contribution in [2.24, 2.45) is 0 Å². The molecule has 22 heavy (non-hydrogen) atoms. The average molecular weight is 308 g/mol. The fourth-order valence-electron chi connectivity index (χ4n) is 2.44. The molecule has 0 radical (unpaired) electrons. The second kappa shape index (κ2) is 5.48. The second-order valence-electron chi connectivity index (χ2n) is 4.91. The first kappa shape index (κ1) is 14.6. The van der Waals surface area contributed by atoms with Crippen molar-refractivity contribution in [3.63, 3.8) is 0 Å². The van der Waals surface area contributed by atoms with E-state index in [1.54, 1.807) is 6.92 Å². The lowest BCUT2D eigenvalue weighted by atomic mass is 10.1. The van der Waals surface area contributed by atoms with E-state index in [2.05, 4.69) is 20.3 Å². The van der Waals surface area contributed by atoms with Crippen LogP contribution in [-0.4, -0.2) is 60.5 Å². The molecule has 1 aliphatic rings. The van der Waals surface area contributed by atoms with Gasteiger partial charge < -0.3 is 26.0 Å². The van der Waals surface area contributed by atoms with Crippen LogP contribution >= 0.6 is 0 Å². The molecule has 1 unspecified atom stereocenters. The molecule has 10 nitrogen and oxygen atoms in total. The zero-order valence-electron chi connectivity index (χ0n) is 11.7. The molecule has 1 saturated heterocycles. The van der Waals surface area contributed by atoms with Crippen molar-refractivity contribution in [3.05, 3.63) is 12.7 Å². The van der Waals surface area contributed by atoms with Crippen molar-refractivity contribution in [2.45, 2.75) is 31.5 Å². The number of nitrogens with one attached hydrogen (secondary N) is 1. The van der Waals surface area contributed by atoms with E-state index >= 15 is 0 Å². The van der Waals surface area contributed by atoms with Gasteiger partial charge in [-0.2, -0.15) is 0 Å². The summed E-state index contributed by atoms with van der Waals surface area (Å²) in [5.74, 6) is -0.299. The highest BCUT2D eigenvalue weighted by Gasteiger charge is 2.47. The number of carbonyl (C=O) groups excluding carboxylic acids is 1. The summed E-state index contributed by atoms with van der Waals surface area (Å²) in [6.45, 7) is 2.14. The van der Waals surface area contributed by atoms with E-state index in [0.29, 0.717) is 17.7 Å². The Kier molecular flexibility index (Phi) is 3.64. The maximum Gasteiger partial charge on any atom is 0.252 e. The number of amides is 1. The third kappa shape index (κ3) is 2.17. The summed E-state index contributed by atoms with van der Waals surface area (Å²) in [7, 11) is 0. The Balaban J connectivity index is 1.94. The van der Waals surface area contributed by atoms with Gasteiger partial charge in [-0.1, -0.05) is 0 Å². The number of ether oxygens (including phenoxy) is 1. The zero-order chi connectivity index (χ0) is 15.9. The number of nitrogens with zero attached hydrogens (tertiary/aromatic N) is 4. The lowest BCUT2D eigenvalue weighted by Crippen LogP contribution is -2.42. The number of rotatable bonds is 3. The van der Waals surface area contributed by atoms with Crippen LogP contribution in [0.2, 0.25) is 0 Å². The Morgan fingerprint density at radius 1 is 1.41 bits per heavy atom. The van der Waals surface area contributed by atoms with Crippen LogP contribution in [0, 0.1) is 0 Å². The Bertz CT molecular complexity index is 704. The summed E-state index contributed by atoms with van der Waals surface area (Å²) in [5.41, 5.74) is 6.40. The Hall–Kier alpha value is -2.30. The summed E-state index contributed by atoms with van der Waals surface area (Å²) >= 11 is 0. The number of anilines is 1. The van der Waals surface area contributed by atoms with E-state index in [1.165, 1.54) is 17.2 Å². The molecule has 4 atom stereocenters. The molecule has 5 N–H and O–H groups in total. The molecular formula is C12H16N6O4. The van der Waals surface area contributed by atoms with Gasteiger partial charge in [-0.15, -0.1) is 0 Å². The highest BCUT2D eigenvalue weighted by molar-refractivity contribution is 5.82. The van der Waals surface area contributed by atoms with Crippen LogP contribution in [-0.2, 0) is 9.53 Å². The molecule has 3 rings (SSSR count). The minimum absolute atomic E-state index is 0.192. The van der Waals surface area contributed by atoms with Gasteiger partial charge in [0.15, 0.2) is 23.8 Å². The number of carbonyl (C=O) groups is 1. The Labute approximate surface area is 124 Å². The van der Waals surface area contributed by atoms with Crippen LogP contribution in [0.15, 0.2) is 12.7 Å². The molecule has 3 heterocycles. The van der Waals surface area contributed by atoms with Crippen LogP contribution in [0.5, 0.6) is 0 Å². The highest BCUT2D eigenvalue weighted by atomic mass is 16.6. The summed E-state index contributed by atoms with van der Waals surface area (Å²) in [4.78, 5) is 23.8. The van der Waals surface area contributed by atoms with Gasteiger partial charge in [0.05, 0.1) is 6.33 Å². The lowest BCUT2D eigenvalue weighted by Gasteiger charge is -2.16. The molecule has 0 bridgehead atoms. The number of nitrogen functional groups attached to an aromatic ring is 1. The fourth-order valence-corrected chi connectivity index (χ4v) is 2.44. The molecule has 0 aromatic carbocycles. The first-order valence-corrected chi connectivity index (χ1v) is 6.77. The first-order chi connectivity index (χ1) is 10.5. The number of fused-ring (bicyclic) bond motifs is 1. The average Bonchev–Trinajstić information content (AvgIpc) is 3.03. The third-order valence-corrected chi connectivity index (χ3v) is 3.51. The normalized spacial score (nSPS) is 28.1. The topological polar surface area (TPSA) is 148 Å². The van der Waals surface area contributed by atoms with Crippen LogP contribution in [0.1, 0.15) is 13.2 Å². The maximum atomic E-state index is 11.9. The van der Waals surface area contributed by atoms with Crippen molar-refractivity contribution in [3.8, 4) is 0 Å². The smallest absolute Gasteiger partial charge is 0.252 e. The van der Waals surface area contributed by atoms with E-state index in [4.69, 9.17) is 10.5 Å². The Morgan fingerprint density at radius 3 is 2.91 bits per heavy atom. The molecular weight excluding hydrogens is 292 g/mol. The van der Waals surface area contributed by atoms with Gasteiger partial charge in [-0.25, -0.2) is 15.0 Å². The van der Waals surface area contributed by atoms with Crippen LogP contribution < -0.4 is 11.1 Å². The van der Waals surface area contributed by atoms with Gasteiger partial charge in [-0.3, -0.25) is 9.36 Å². The summed E-state index contributed by atoms with van der Waals surface area (Å²) in [5, 5.41) is 22.7. The number of aliphatic hydroxyl groups excluding tert-OH is 2. The van der Waals surface area contributed by atoms with Gasteiger partial charge in [0.1, 0.15) is 24.1 Å². The molecule has 1 fully saturated rings. The summed E-state index contributed by atoms with van der Waals surface area (Å²) < 4.78 is 6.92. The maximum absolute atomic E-state index is 11.9. The monoisotopic (exact) mass is 308 g/mol. The minimum atomic E-state index is -1.35. The van der Waals surface area contributed by atoms with Gasteiger partial charge in [0, 0.05) is 6.54 Å². The fraction of sp³-hybridized carbons (Fsp3) is 0.500. The standard InChI is InChI=1S/C12H16N6O4/c1-2-14-11(21)8-6(19)7(20)12(22-8)18-4-17-5-9(13)15-3-16-10(5)18/h3-4,6-8,12,19-20H,2H2,1H3,(H,14,21)(H2,13,15,16)/t6?,7-,8-,12+/m1/s1. The van der Waals surface area contributed by atoms with Crippen molar-refractivity contribution >= 4 is 22.9 Å². The number of hydrogen-bond donors (Lipinski definition) is 4. The van der Waals surface area contributed by atoms with Crippen molar-refractivity contribution < 1.29 is 19.7 Å². The van der Waals surface area contributed by atoms with Crippen LogP contribution in [0.25, 0.3) is 11.2 Å². The quantitative estimate of drug-likeness (QED) is 0.517. The van der Waals surface area contributed by atoms with Gasteiger partial charge in [-0.05, 0) is 6.92 Å². The van der Waals surface area contributed by atoms with E-state index in [1.807, 2.05) is 0 Å². The van der Waals surface area contributed by atoms with E-state index < -0.39 is 30.4 Å². The van der Waals surface area contributed by atoms with Crippen LogP contribution in [0.4, 0.5) is 5.82 Å². The molecule has 2 aromatic heterocycles. The summed E-state index contributed by atoms with van der Waals surface area (Å²) in [6.07, 6.45) is -2.20. The largest absolute Gasteiger partial charge is 0.387 e. The van der Waals surface area contributed by atoms with Crippen molar-refractivity contribution in [1.29, 1.82) is 0 Å². The molecule has 0 saturated carbocycles. The SMILES string of the molecule is CCNC(=O)[C@@H]1O[C@H](n2cnc3c(N)ncnc32)[C@H](O)C1O. The van der Waals surface area contributed by atoms with E-state index in [0.717, 1.165) is 0 Å². The number of nitrogens with two attached hydrogens (primary N) is 1. The third-order valence-electron chi connectivity index (χ3n) is 3.51. The minimum Gasteiger partial charge on any atom is -0.387 e. The molecule has 2 aromatic rings. The van der Waals surface area contributed by atoms with Crippen molar-refractivity contribution in [2.75, 3.05) is 12.3 Å². The van der Waals surface area contributed by atoms with E-state index in [9.17, 15) is 15.0 Å². The lowest BCUT2D eigenvalue weighted by molar-refractivity contribution is -0.137. The number of aliphatic hydroxyl groups is 2. The molecule has 1 aliphatic heterocycles. The molecule has 1 amide bonds. The molecule has 0 spiro atoms. The molecule has 10 heteroatoms. The predicted molar refractivity (Wildman–Crippen MR) is 74.3 cm³/mol. The highest BCUT2D eigenvalue weighted by Crippen LogP contribution is 2.31. The molecule has 118 valence electrons. The zero-order valence-corrected chi connectivity index (χ0v) is 11.7. The Morgan fingerprint density at radius 2 is 2.18 bits per heavy atom. The number of hydrogen-bond acceptors (Lipinski definition) is 8. The predicted octanol–water partition coefficient (Wildman–Crippen LogP) is -1.84. The number of imidazole rings is 1. The van der Waals surface area contributed by atoms with Gasteiger partial charge in [0.25, 0.3) is 5.91 Å². The summed E-state index contributed by atoms with van der Waals surface area (Å²) in [6, 6.07) is 0.